The molecule has 0 saturated carbocycles. The summed E-state index contributed by atoms with van der Waals surface area (Å²) in [6.07, 6.45) is 1.13. The molecule has 2 rings (SSSR count). The third kappa shape index (κ3) is 10.7. The van der Waals surface area contributed by atoms with Crippen LogP contribution < -0.4 is 21.7 Å². The molecule has 1 aromatic carbocycles. The van der Waals surface area contributed by atoms with Crippen molar-refractivity contribution in [1.82, 2.24) is 20.9 Å². The van der Waals surface area contributed by atoms with Gasteiger partial charge in [0.05, 0.1) is 17.5 Å². The number of nitrogens with two attached hydrogens (primary N) is 1. The second kappa shape index (κ2) is 14.6. The van der Waals surface area contributed by atoms with E-state index in [4.69, 9.17) is 10.8 Å². The summed E-state index contributed by atoms with van der Waals surface area (Å²) >= 11 is 0. The predicted octanol–water partition coefficient (Wildman–Crippen LogP) is -0.192. The van der Waals surface area contributed by atoms with Gasteiger partial charge in [-0.05, 0) is 34.6 Å². The fraction of sp³-hybridized carbons (Fsp3) is 0.286. The minimum Gasteiger partial charge on any atom is -0.508 e. The maximum Gasteiger partial charge on any atom is 0.322 e. The number of rotatable bonds is 14. The van der Waals surface area contributed by atoms with E-state index < -0.39 is 53.8 Å². The highest BCUT2D eigenvalue weighted by Gasteiger charge is 2.23. The number of carboxylic acids is 1. The Hall–Kier alpha value is -3.89. The van der Waals surface area contributed by atoms with E-state index >= 15 is 0 Å². The molecule has 0 fully saturated rings. The van der Waals surface area contributed by atoms with Crippen molar-refractivity contribution in [3.05, 3.63) is 58.3 Å². The summed E-state index contributed by atoms with van der Waals surface area (Å²) in [4.78, 5) is 61.8. The fourth-order valence-electron chi connectivity index (χ4n) is 2.68. The summed E-state index contributed by atoms with van der Waals surface area (Å²) in [6.45, 7) is -1.12. The predicted molar refractivity (Wildman–Crippen MR) is 135 cm³/mol. The van der Waals surface area contributed by atoms with Crippen LogP contribution in [0.25, 0.3) is 0 Å². The van der Waals surface area contributed by atoms with Gasteiger partial charge < -0.3 is 31.9 Å². The summed E-state index contributed by atoms with van der Waals surface area (Å²) in [6, 6.07) is 6.55. The monoisotopic (exact) mass is 552 g/mol. The molecule has 1 heterocycles. The highest BCUT2D eigenvalue weighted by Crippen LogP contribution is 2.30. The molecule has 0 saturated heterocycles. The minimum absolute atomic E-state index is 0.00940. The molecule has 3 amide bonds. The van der Waals surface area contributed by atoms with Crippen LogP contribution in [0, 0.1) is 10.1 Å². The number of carbonyl (C=O) groups excluding carboxylic acids is 3. The Balaban J connectivity index is 1.82. The lowest BCUT2D eigenvalue weighted by molar-refractivity contribution is -0.385. The molecule has 0 aliphatic heterocycles. The molecular formula is C21H24N6O8S2. The number of nitrogens with one attached hydrogen (secondary N) is 3. The number of phenolic OH excluding ortho intramolecular Hbond substituents is 1. The van der Waals surface area contributed by atoms with Crippen LogP contribution in [0.2, 0.25) is 0 Å². The van der Waals surface area contributed by atoms with Gasteiger partial charge in [0.1, 0.15) is 29.6 Å². The largest absolute Gasteiger partial charge is 0.508 e. The highest BCUT2D eigenvalue weighted by molar-refractivity contribution is 8.76. The molecule has 0 unspecified atom stereocenters. The van der Waals surface area contributed by atoms with Gasteiger partial charge in [0, 0.05) is 18.2 Å². The van der Waals surface area contributed by atoms with E-state index in [0.717, 1.165) is 6.20 Å². The quantitative estimate of drug-likeness (QED) is 0.102. The molecule has 0 radical (unpaired) electrons. The number of phenols is 1. The van der Waals surface area contributed by atoms with Crippen LogP contribution in [0.1, 0.15) is 5.56 Å². The van der Waals surface area contributed by atoms with Crippen molar-refractivity contribution in [2.24, 2.45) is 5.73 Å². The third-order valence-corrected chi connectivity index (χ3v) is 6.82. The van der Waals surface area contributed by atoms with Crippen molar-refractivity contribution >= 4 is 51.0 Å². The van der Waals surface area contributed by atoms with Gasteiger partial charge in [-0.15, -0.1) is 0 Å². The van der Waals surface area contributed by atoms with Crippen LogP contribution in [-0.2, 0) is 25.6 Å². The van der Waals surface area contributed by atoms with Crippen LogP contribution in [0.4, 0.5) is 5.69 Å². The van der Waals surface area contributed by atoms with E-state index in [1.165, 1.54) is 45.9 Å². The Labute approximate surface area is 218 Å². The summed E-state index contributed by atoms with van der Waals surface area (Å²) in [5.41, 5.74) is 6.28. The zero-order valence-electron chi connectivity index (χ0n) is 19.2. The molecule has 0 aliphatic rings. The average molecular weight is 553 g/mol. The van der Waals surface area contributed by atoms with Gasteiger partial charge in [-0.25, -0.2) is 4.98 Å². The Kier molecular flexibility index (Phi) is 11.6. The first kappa shape index (κ1) is 29.3. The third-order valence-electron chi connectivity index (χ3n) is 4.53. The van der Waals surface area contributed by atoms with Crippen LogP contribution in [0.15, 0.2) is 47.6 Å². The van der Waals surface area contributed by atoms with Gasteiger partial charge >= 0.3 is 5.97 Å². The lowest BCUT2D eigenvalue weighted by Crippen LogP contribution is -2.52. The Morgan fingerprint density at radius 3 is 2.32 bits per heavy atom. The molecule has 0 spiro atoms. The van der Waals surface area contributed by atoms with Gasteiger partial charge in [0.25, 0.3) is 5.69 Å². The van der Waals surface area contributed by atoms with Crippen LogP contribution >= 0.6 is 21.6 Å². The van der Waals surface area contributed by atoms with E-state index in [2.05, 4.69) is 20.9 Å². The lowest BCUT2D eigenvalue weighted by Gasteiger charge is -2.19. The highest BCUT2D eigenvalue weighted by atomic mass is 33.1. The van der Waals surface area contributed by atoms with Crippen LogP contribution in [-0.4, -0.2) is 74.7 Å². The second-order valence-electron chi connectivity index (χ2n) is 7.41. The van der Waals surface area contributed by atoms with E-state index in [9.17, 15) is 34.4 Å². The van der Waals surface area contributed by atoms with E-state index in [-0.39, 0.29) is 23.6 Å². The maximum atomic E-state index is 12.4. The van der Waals surface area contributed by atoms with E-state index in [0.29, 0.717) is 10.6 Å². The summed E-state index contributed by atoms with van der Waals surface area (Å²) in [5.74, 6) is -3.15. The van der Waals surface area contributed by atoms with Gasteiger partial charge in [-0.2, -0.15) is 0 Å². The Morgan fingerprint density at radius 2 is 1.73 bits per heavy atom. The normalized spacial score (nSPS) is 12.1. The van der Waals surface area contributed by atoms with Crippen molar-refractivity contribution < 1.29 is 34.3 Å². The molecule has 16 heteroatoms. The average Bonchev–Trinajstić information content (AvgIpc) is 2.86. The fourth-order valence-corrected chi connectivity index (χ4v) is 4.69. The molecule has 0 bridgehead atoms. The number of benzene rings is 1. The zero-order chi connectivity index (χ0) is 27.4. The minimum atomic E-state index is -1.26. The van der Waals surface area contributed by atoms with Crippen molar-refractivity contribution in [3.63, 3.8) is 0 Å². The molecule has 2 aromatic rings. The number of nitrogens with zero attached hydrogens (tertiary/aromatic N) is 2. The summed E-state index contributed by atoms with van der Waals surface area (Å²) < 4.78 is 0. The topological polar surface area (TPSA) is 227 Å². The Morgan fingerprint density at radius 1 is 1.05 bits per heavy atom. The van der Waals surface area contributed by atoms with Crippen molar-refractivity contribution in [2.45, 2.75) is 23.5 Å². The first-order valence-electron chi connectivity index (χ1n) is 10.5. The second-order valence-corrected chi connectivity index (χ2v) is 9.77. The standard InChI is InChI=1S/C21H24N6O8S2/c22-15(11-36-37-18-6-3-13(8-23-18)27(34)35)20(32)24-9-17(29)26-16(21(33)25-10-19(30)31)7-12-1-4-14(28)5-2-12/h1-6,8,15-16,28H,7,9-11,22H2,(H,24,32)(H,25,33)(H,26,29)(H,30,31)/t15-,16-/m0/s1. The molecular weight excluding hydrogens is 528 g/mol. The molecule has 2 atom stereocenters. The number of pyridine rings is 1. The van der Waals surface area contributed by atoms with Crippen molar-refractivity contribution in [2.75, 3.05) is 18.8 Å². The number of hydrogen-bond acceptors (Lipinski definition) is 11. The molecule has 7 N–H and O–H groups in total. The van der Waals surface area contributed by atoms with Gasteiger partial charge in [-0.1, -0.05) is 22.9 Å². The van der Waals surface area contributed by atoms with Crippen LogP contribution in [0.5, 0.6) is 5.75 Å². The first-order chi connectivity index (χ1) is 17.5. The molecule has 14 nitrogen and oxygen atoms in total. The van der Waals surface area contributed by atoms with E-state index in [1.54, 1.807) is 12.1 Å². The van der Waals surface area contributed by atoms with Crippen LogP contribution in [0.3, 0.4) is 0 Å². The molecule has 1 aromatic heterocycles. The number of aromatic hydroxyl groups is 1. The van der Waals surface area contributed by atoms with Crippen molar-refractivity contribution in [3.8, 4) is 5.75 Å². The number of carboxylic acid groups (broad SMARTS) is 1. The summed E-state index contributed by atoms with van der Waals surface area (Å²) in [5, 5.41) is 36.3. The molecule has 37 heavy (non-hydrogen) atoms. The van der Waals surface area contributed by atoms with Gasteiger partial charge in [0.2, 0.25) is 17.7 Å². The SMILES string of the molecule is N[C@@H](CSSc1ccc([N+](=O)[O-])cn1)C(=O)NCC(=O)N[C@@H](Cc1ccc(O)cc1)C(=O)NCC(=O)O. The number of hydrogen-bond donors (Lipinski definition) is 6. The van der Waals surface area contributed by atoms with E-state index in [1.807, 2.05) is 0 Å². The number of aromatic nitrogens is 1. The first-order valence-corrected chi connectivity index (χ1v) is 12.9. The van der Waals surface area contributed by atoms with Gasteiger partial charge in [-0.3, -0.25) is 29.3 Å². The number of amides is 3. The smallest absolute Gasteiger partial charge is 0.322 e. The number of carbonyl (C=O) groups is 4. The Bertz CT molecular complexity index is 1120. The number of nitro groups is 1. The molecule has 198 valence electrons. The van der Waals surface area contributed by atoms with Gasteiger partial charge in [0.15, 0.2) is 0 Å². The molecule has 0 aliphatic carbocycles. The maximum absolute atomic E-state index is 12.4. The lowest BCUT2D eigenvalue weighted by atomic mass is 10.0. The zero-order valence-corrected chi connectivity index (χ0v) is 20.8. The number of aliphatic carboxylic acids is 1. The van der Waals surface area contributed by atoms with Crippen molar-refractivity contribution in [1.29, 1.82) is 0 Å². The summed E-state index contributed by atoms with van der Waals surface area (Å²) in [7, 11) is 2.37.